The van der Waals surface area contributed by atoms with Crippen LogP contribution in [-0.4, -0.2) is 34.0 Å². The second kappa shape index (κ2) is 4.40. The van der Waals surface area contributed by atoms with Crippen LogP contribution in [0.2, 0.25) is 0 Å². The summed E-state index contributed by atoms with van der Waals surface area (Å²) in [5.41, 5.74) is 2.86. The molecule has 0 bridgehead atoms. The van der Waals surface area contributed by atoms with Crippen LogP contribution in [-0.2, 0) is 4.74 Å². The van der Waals surface area contributed by atoms with Gasteiger partial charge in [0.25, 0.3) is 0 Å². The smallest absolute Gasteiger partial charge is 0.123 e. The molecule has 3 unspecified atom stereocenters. The third-order valence-electron chi connectivity index (χ3n) is 4.36. The first kappa shape index (κ1) is 12.1. The molecule has 2 aromatic rings. The van der Waals surface area contributed by atoms with Crippen molar-refractivity contribution in [3.63, 3.8) is 0 Å². The number of halogens is 1. The molecule has 104 valence electrons. The number of aliphatic hydroxyl groups excluding tert-OH is 1. The molecule has 1 aromatic carbocycles. The van der Waals surface area contributed by atoms with E-state index in [-0.39, 0.29) is 17.8 Å². The maximum atomic E-state index is 13.5. The van der Waals surface area contributed by atoms with E-state index >= 15 is 0 Å². The quantitative estimate of drug-likeness (QED) is 0.865. The van der Waals surface area contributed by atoms with Gasteiger partial charge in [0.15, 0.2) is 0 Å². The van der Waals surface area contributed by atoms with Crippen LogP contribution in [0, 0.1) is 11.7 Å². The zero-order valence-corrected chi connectivity index (χ0v) is 10.9. The summed E-state index contributed by atoms with van der Waals surface area (Å²) in [5.74, 6) is -0.173. The number of hydrogen-bond donors (Lipinski definition) is 1. The summed E-state index contributed by atoms with van der Waals surface area (Å²) in [6.07, 6.45) is 3.81. The summed E-state index contributed by atoms with van der Waals surface area (Å²) in [7, 11) is 0. The van der Waals surface area contributed by atoms with Crippen molar-refractivity contribution in [1.29, 1.82) is 0 Å². The van der Waals surface area contributed by atoms with Gasteiger partial charge in [0.2, 0.25) is 0 Å². The molecule has 4 rings (SSSR count). The molecule has 0 saturated carbocycles. The lowest BCUT2D eigenvalue weighted by Crippen LogP contribution is -2.37. The maximum absolute atomic E-state index is 13.5. The summed E-state index contributed by atoms with van der Waals surface area (Å²) in [6.45, 7) is 1.01. The van der Waals surface area contributed by atoms with Gasteiger partial charge in [0, 0.05) is 18.1 Å². The largest absolute Gasteiger partial charge is 0.390 e. The van der Waals surface area contributed by atoms with Gasteiger partial charge < -0.3 is 14.4 Å². The van der Waals surface area contributed by atoms with Crippen LogP contribution in [0.3, 0.4) is 0 Å². The number of fused-ring (bicyclic) bond motifs is 3. The molecule has 2 aliphatic heterocycles. The van der Waals surface area contributed by atoms with Crippen molar-refractivity contribution in [2.45, 2.75) is 18.6 Å². The van der Waals surface area contributed by atoms with Gasteiger partial charge in [0.1, 0.15) is 5.82 Å². The average Bonchev–Trinajstić information content (AvgIpc) is 3.00. The minimum absolute atomic E-state index is 0.0157. The first-order valence-corrected chi connectivity index (χ1v) is 6.83. The number of ether oxygens (including phenoxy) is 1. The molecule has 1 N–H and O–H groups in total. The Morgan fingerprint density at radius 1 is 1.40 bits per heavy atom. The van der Waals surface area contributed by atoms with Crippen LogP contribution >= 0.6 is 0 Å². The fourth-order valence-corrected chi connectivity index (χ4v) is 3.44. The van der Waals surface area contributed by atoms with Crippen molar-refractivity contribution in [3.05, 3.63) is 42.1 Å². The highest BCUT2D eigenvalue weighted by atomic mass is 19.1. The van der Waals surface area contributed by atoms with E-state index in [4.69, 9.17) is 4.74 Å². The van der Waals surface area contributed by atoms with Crippen molar-refractivity contribution in [3.8, 4) is 11.3 Å². The molecule has 0 spiro atoms. The van der Waals surface area contributed by atoms with E-state index in [1.165, 1.54) is 6.07 Å². The van der Waals surface area contributed by atoms with Crippen LogP contribution < -0.4 is 0 Å². The van der Waals surface area contributed by atoms with Gasteiger partial charge in [-0.1, -0.05) is 6.07 Å². The van der Waals surface area contributed by atoms with E-state index in [0.29, 0.717) is 13.2 Å². The third kappa shape index (κ3) is 1.63. The van der Waals surface area contributed by atoms with E-state index in [1.807, 2.05) is 10.6 Å². The van der Waals surface area contributed by atoms with E-state index in [0.717, 1.165) is 23.2 Å². The molecule has 2 aliphatic rings. The number of rotatable bonds is 1. The Balaban J connectivity index is 1.85. The molecular formula is C15H15FN2O2. The lowest BCUT2D eigenvalue weighted by Gasteiger charge is -2.33. The Labute approximate surface area is 115 Å². The summed E-state index contributed by atoms with van der Waals surface area (Å²) >= 11 is 0. The molecule has 1 saturated heterocycles. The Morgan fingerprint density at radius 2 is 2.30 bits per heavy atom. The molecule has 1 fully saturated rings. The molecule has 0 radical (unpaired) electrons. The average molecular weight is 274 g/mol. The Morgan fingerprint density at radius 3 is 3.15 bits per heavy atom. The minimum Gasteiger partial charge on any atom is -0.390 e. The number of imidazole rings is 1. The van der Waals surface area contributed by atoms with Crippen molar-refractivity contribution in [2.75, 3.05) is 13.2 Å². The van der Waals surface area contributed by atoms with E-state index in [1.54, 1.807) is 18.6 Å². The van der Waals surface area contributed by atoms with E-state index < -0.39 is 6.10 Å². The van der Waals surface area contributed by atoms with Gasteiger partial charge in [-0.2, -0.15) is 0 Å². The highest BCUT2D eigenvalue weighted by Crippen LogP contribution is 2.45. The van der Waals surface area contributed by atoms with Crippen LogP contribution in [0.5, 0.6) is 0 Å². The zero-order chi connectivity index (χ0) is 13.7. The summed E-state index contributed by atoms with van der Waals surface area (Å²) < 4.78 is 20.9. The SMILES string of the molecule is OC1COCCC1C1c2ccc(F)cc2-c2cncn21. The van der Waals surface area contributed by atoms with Crippen molar-refractivity contribution < 1.29 is 14.2 Å². The summed E-state index contributed by atoms with van der Waals surface area (Å²) in [4.78, 5) is 4.17. The molecule has 4 nitrogen and oxygen atoms in total. The maximum Gasteiger partial charge on any atom is 0.123 e. The van der Waals surface area contributed by atoms with Crippen LogP contribution in [0.4, 0.5) is 4.39 Å². The normalized spacial score (nSPS) is 28.2. The number of nitrogens with zero attached hydrogens (tertiary/aromatic N) is 2. The molecule has 20 heavy (non-hydrogen) atoms. The number of hydrogen-bond acceptors (Lipinski definition) is 3. The van der Waals surface area contributed by atoms with Gasteiger partial charge in [-0.05, 0) is 24.1 Å². The predicted molar refractivity (Wildman–Crippen MR) is 70.7 cm³/mol. The molecule has 5 heteroatoms. The molecular weight excluding hydrogens is 259 g/mol. The fourth-order valence-electron chi connectivity index (χ4n) is 3.44. The Bertz CT molecular complexity index is 655. The summed E-state index contributed by atoms with van der Waals surface area (Å²) in [5, 5.41) is 10.2. The van der Waals surface area contributed by atoms with E-state index in [9.17, 15) is 9.50 Å². The minimum atomic E-state index is -0.500. The van der Waals surface area contributed by atoms with Crippen LogP contribution in [0.15, 0.2) is 30.7 Å². The van der Waals surface area contributed by atoms with E-state index in [2.05, 4.69) is 4.98 Å². The van der Waals surface area contributed by atoms with Crippen molar-refractivity contribution in [1.82, 2.24) is 9.55 Å². The fraction of sp³-hybridized carbons (Fsp3) is 0.400. The predicted octanol–water partition coefficient (Wildman–Crippen LogP) is 1.99. The van der Waals surface area contributed by atoms with Gasteiger partial charge in [-0.3, -0.25) is 0 Å². The topological polar surface area (TPSA) is 47.3 Å². The molecule has 3 heterocycles. The lowest BCUT2D eigenvalue weighted by molar-refractivity contribution is -0.0540. The van der Waals surface area contributed by atoms with Crippen molar-refractivity contribution >= 4 is 0 Å². The standard InChI is InChI=1S/C15H15FN2O2/c16-9-1-2-10-12(5-9)13-6-17-8-18(13)15(10)11-3-4-20-7-14(11)19/h1-2,5-6,8,11,14-15,19H,3-4,7H2. The molecule has 1 aromatic heterocycles. The van der Waals surface area contributed by atoms with Gasteiger partial charge in [0.05, 0.1) is 37.0 Å². The second-order valence-corrected chi connectivity index (χ2v) is 5.46. The molecule has 0 aliphatic carbocycles. The third-order valence-corrected chi connectivity index (χ3v) is 4.36. The first-order valence-electron chi connectivity index (χ1n) is 6.83. The van der Waals surface area contributed by atoms with Gasteiger partial charge in [-0.15, -0.1) is 0 Å². The van der Waals surface area contributed by atoms with Crippen LogP contribution in [0.25, 0.3) is 11.3 Å². The Kier molecular flexibility index (Phi) is 2.65. The number of aliphatic hydroxyl groups is 1. The number of benzene rings is 1. The van der Waals surface area contributed by atoms with Gasteiger partial charge in [-0.25, -0.2) is 9.37 Å². The van der Waals surface area contributed by atoms with Crippen molar-refractivity contribution in [2.24, 2.45) is 5.92 Å². The zero-order valence-electron chi connectivity index (χ0n) is 10.9. The highest BCUT2D eigenvalue weighted by molar-refractivity contribution is 5.69. The summed E-state index contributed by atoms with van der Waals surface area (Å²) in [6, 6.07) is 4.87. The lowest BCUT2D eigenvalue weighted by atomic mass is 9.85. The highest BCUT2D eigenvalue weighted by Gasteiger charge is 2.39. The monoisotopic (exact) mass is 274 g/mol. The first-order chi connectivity index (χ1) is 9.75. The Hall–Kier alpha value is -1.72. The molecule has 3 atom stereocenters. The number of aromatic nitrogens is 2. The van der Waals surface area contributed by atoms with Crippen LogP contribution in [0.1, 0.15) is 18.0 Å². The van der Waals surface area contributed by atoms with Gasteiger partial charge >= 0.3 is 0 Å². The molecule has 0 amide bonds. The second-order valence-electron chi connectivity index (χ2n) is 5.46.